The summed E-state index contributed by atoms with van der Waals surface area (Å²) in [4.78, 5) is 4.61. The SMILES string of the molecule is CCn1c(N/N=C\c2ccc(OCc3ccc(Cl)cc3)c(OC)c2)nc2ccccc21. The number of ether oxygens (including phenoxy) is 2. The molecule has 0 aliphatic rings. The van der Waals surface area contributed by atoms with E-state index >= 15 is 0 Å². The smallest absolute Gasteiger partial charge is 0.224 e. The molecule has 0 aliphatic heterocycles. The van der Waals surface area contributed by atoms with Gasteiger partial charge in [0.1, 0.15) is 6.61 Å². The van der Waals surface area contributed by atoms with Crippen molar-refractivity contribution >= 4 is 34.8 Å². The zero-order valence-electron chi connectivity index (χ0n) is 17.4. The molecule has 0 atom stereocenters. The average molecular weight is 435 g/mol. The summed E-state index contributed by atoms with van der Waals surface area (Å²) in [5.41, 5.74) is 6.96. The predicted molar refractivity (Wildman–Crippen MR) is 125 cm³/mol. The number of nitrogens with zero attached hydrogens (tertiary/aromatic N) is 3. The first-order valence-electron chi connectivity index (χ1n) is 9.97. The van der Waals surface area contributed by atoms with Crippen molar-refractivity contribution in [2.45, 2.75) is 20.1 Å². The van der Waals surface area contributed by atoms with Crippen LogP contribution in [0.25, 0.3) is 11.0 Å². The summed E-state index contributed by atoms with van der Waals surface area (Å²) in [6, 6.07) is 21.3. The Kier molecular flexibility index (Phi) is 6.38. The van der Waals surface area contributed by atoms with E-state index in [9.17, 15) is 0 Å². The third-order valence-corrected chi connectivity index (χ3v) is 5.10. The van der Waals surface area contributed by atoms with Crippen molar-refractivity contribution in [1.29, 1.82) is 0 Å². The van der Waals surface area contributed by atoms with Gasteiger partial charge in [-0.1, -0.05) is 35.9 Å². The number of para-hydroxylation sites is 2. The Morgan fingerprint density at radius 1 is 1.06 bits per heavy atom. The number of halogens is 1. The average Bonchev–Trinajstić information content (AvgIpc) is 3.16. The van der Waals surface area contributed by atoms with Crippen LogP contribution in [0.15, 0.2) is 71.8 Å². The second kappa shape index (κ2) is 9.53. The number of fused-ring (bicyclic) bond motifs is 1. The van der Waals surface area contributed by atoms with Crippen LogP contribution in [0.4, 0.5) is 5.95 Å². The van der Waals surface area contributed by atoms with E-state index < -0.39 is 0 Å². The Hall–Kier alpha value is -3.51. The van der Waals surface area contributed by atoms with Gasteiger partial charge < -0.3 is 14.0 Å². The van der Waals surface area contributed by atoms with Gasteiger partial charge >= 0.3 is 0 Å². The van der Waals surface area contributed by atoms with E-state index in [1.165, 1.54) is 0 Å². The number of anilines is 1. The molecule has 7 heteroatoms. The van der Waals surface area contributed by atoms with Crippen molar-refractivity contribution in [3.05, 3.63) is 82.9 Å². The first-order valence-corrected chi connectivity index (χ1v) is 10.4. The first kappa shape index (κ1) is 20.8. The molecular weight excluding hydrogens is 412 g/mol. The number of imidazole rings is 1. The molecule has 1 heterocycles. The van der Waals surface area contributed by atoms with E-state index in [0.717, 1.165) is 28.7 Å². The zero-order chi connectivity index (χ0) is 21.6. The van der Waals surface area contributed by atoms with Crippen LogP contribution in [0, 0.1) is 0 Å². The van der Waals surface area contributed by atoms with Gasteiger partial charge in [-0.15, -0.1) is 0 Å². The van der Waals surface area contributed by atoms with Crippen molar-refractivity contribution in [2.24, 2.45) is 5.10 Å². The van der Waals surface area contributed by atoms with Crippen LogP contribution in [0.2, 0.25) is 5.02 Å². The minimum Gasteiger partial charge on any atom is -0.493 e. The topological polar surface area (TPSA) is 60.7 Å². The molecule has 0 bridgehead atoms. The van der Waals surface area contributed by atoms with E-state index in [4.69, 9.17) is 21.1 Å². The van der Waals surface area contributed by atoms with Gasteiger partial charge in [-0.3, -0.25) is 0 Å². The second-order valence-electron chi connectivity index (χ2n) is 6.86. The number of rotatable bonds is 8. The minimum absolute atomic E-state index is 0.426. The lowest BCUT2D eigenvalue weighted by Gasteiger charge is -2.11. The molecule has 1 aromatic heterocycles. The van der Waals surface area contributed by atoms with Crippen LogP contribution in [0.5, 0.6) is 11.5 Å². The predicted octanol–water partition coefficient (Wildman–Crippen LogP) is 5.74. The molecule has 158 valence electrons. The molecule has 0 saturated carbocycles. The maximum absolute atomic E-state index is 5.93. The Morgan fingerprint density at radius 2 is 1.87 bits per heavy atom. The maximum atomic E-state index is 5.93. The summed E-state index contributed by atoms with van der Waals surface area (Å²) < 4.78 is 13.5. The summed E-state index contributed by atoms with van der Waals surface area (Å²) in [5.74, 6) is 2.00. The Labute approximate surface area is 186 Å². The normalized spacial score (nSPS) is 11.2. The molecular formula is C24H23ClN4O2. The van der Waals surface area contributed by atoms with E-state index in [1.54, 1.807) is 13.3 Å². The lowest BCUT2D eigenvalue weighted by atomic mass is 10.2. The Balaban J connectivity index is 1.45. The number of aryl methyl sites for hydroxylation is 1. The van der Waals surface area contributed by atoms with E-state index in [2.05, 4.69) is 27.0 Å². The van der Waals surface area contributed by atoms with Gasteiger partial charge in [-0.05, 0) is 60.5 Å². The third-order valence-electron chi connectivity index (χ3n) is 4.84. The lowest BCUT2D eigenvalue weighted by molar-refractivity contribution is 0.284. The standard InChI is InChI=1S/C24H23ClN4O2/c1-3-29-21-7-5-4-6-20(21)27-24(29)28-26-15-18-10-13-22(23(14-18)30-2)31-16-17-8-11-19(25)12-9-17/h4-15H,3,16H2,1-2H3,(H,27,28)/b26-15-. The van der Waals surface area contributed by atoms with Gasteiger partial charge in [0.05, 0.1) is 24.4 Å². The van der Waals surface area contributed by atoms with Gasteiger partial charge in [-0.25, -0.2) is 10.4 Å². The van der Waals surface area contributed by atoms with Crippen molar-refractivity contribution < 1.29 is 9.47 Å². The Bertz CT molecular complexity index is 1200. The van der Waals surface area contributed by atoms with Crippen molar-refractivity contribution in [3.8, 4) is 11.5 Å². The van der Waals surface area contributed by atoms with E-state index in [1.807, 2.05) is 66.7 Å². The number of aromatic nitrogens is 2. The van der Waals surface area contributed by atoms with Gasteiger partial charge in [0.25, 0.3) is 0 Å². The number of methoxy groups -OCH3 is 1. The van der Waals surface area contributed by atoms with Crippen LogP contribution in [-0.4, -0.2) is 22.9 Å². The summed E-state index contributed by atoms with van der Waals surface area (Å²) in [5, 5.41) is 5.06. The number of hydrazone groups is 1. The molecule has 3 aromatic carbocycles. The van der Waals surface area contributed by atoms with Crippen molar-refractivity contribution in [2.75, 3.05) is 12.5 Å². The molecule has 0 saturated heterocycles. The molecule has 31 heavy (non-hydrogen) atoms. The maximum Gasteiger partial charge on any atom is 0.224 e. The molecule has 1 N–H and O–H groups in total. The molecule has 6 nitrogen and oxygen atoms in total. The van der Waals surface area contributed by atoms with Gasteiger partial charge in [0.2, 0.25) is 5.95 Å². The number of benzene rings is 3. The molecule has 0 unspecified atom stereocenters. The van der Waals surface area contributed by atoms with Crippen molar-refractivity contribution in [1.82, 2.24) is 9.55 Å². The number of hydrogen-bond donors (Lipinski definition) is 1. The summed E-state index contributed by atoms with van der Waals surface area (Å²) in [7, 11) is 1.62. The summed E-state index contributed by atoms with van der Waals surface area (Å²) >= 11 is 5.93. The molecule has 4 rings (SSSR count). The summed E-state index contributed by atoms with van der Waals surface area (Å²) in [6.45, 7) is 3.30. The summed E-state index contributed by atoms with van der Waals surface area (Å²) in [6.07, 6.45) is 1.73. The second-order valence-corrected chi connectivity index (χ2v) is 7.30. The van der Waals surface area contributed by atoms with E-state index in [-0.39, 0.29) is 0 Å². The highest BCUT2D eigenvalue weighted by atomic mass is 35.5. The fourth-order valence-corrected chi connectivity index (χ4v) is 3.40. The molecule has 0 amide bonds. The molecule has 0 radical (unpaired) electrons. The highest BCUT2D eigenvalue weighted by Gasteiger charge is 2.08. The van der Waals surface area contributed by atoms with Crippen LogP contribution < -0.4 is 14.9 Å². The Morgan fingerprint density at radius 3 is 2.65 bits per heavy atom. The van der Waals surface area contributed by atoms with Gasteiger partial charge in [0, 0.05) is 11.6 Å². The third kappa shape index (κ3) is 4.81. The minimum atomic E-state index is 0.426. The van der Waals surface area contributed by atoms with Crippen LogP contribution >= 0.6 is 11.6 Å². The fourth-order valence-electron chi connectivity index (χ4n) is 3.27. The van der Waals surface area contributed by atoms with Crippen LogP contribution in [0.3, 0.4) is 0 Å². The van der Waals surface area contributed by atoms with Crippen LogP contribution in [-0.2, 0) is 13.2 Å². The van der Waals surface area contributed by atoms with Crippen molar-refractivity contribution in [3.63, 3.8) is 0 Å². The van der Waals surface area contributed by atoms with Gasteiger partial charge in [0.15, 0.2) is 11.5 Å². The number of hydrogen-bond acceptors (Lipinski definition) is 5. The highest BCUT2D eigenvalue weighted by molar-refractivity contribution is 6.30. The quantitative estimate of drug-likeness (QED) is 0.283. The number of nitrogens with one attached hydrogen (secondary N) is 1. The molecule has 0 spiro atoms. The van der Waals surface area contributed by atoms with Gasteiger partial charge in [-0.2, -0.15) is 5.10 Å². The zero-order valence-corrected chi connectivity index (χ0v) is 18.1. The molecule has 4 aromatic rings. The highest BCUT2D eigenvalue weighted by Crippen LogP contribution is 2.28. The van der Waals surface area contributed by atoms with Crippen LogP contribution in [0.1, 0.15) is 18.1 Å². The monoisotopic (exact) mass is 434 g/mol. The molecule has 0 aliphatic carbocycles. The largest absolute Gasteiger partial charge is 0.493 e. The molecule has 0 fully saturated rings. The fraction of sp³-hybridized carbons (Fsp3) is 0.167. The van der Waals surface area contributed by atoms with E-state index in [0.29, 0.717) is 29.1 Å². The lowest BCUT2D eigenvalue weighted by Crippen LogP contribution is -2.02. The first-order chi connectivity index (χ1) is 15.2.